The van der Waals surface area contributed by atoms with Crippen LogP contribution in [-0.4, -0.2) is 29.7 Å². The quantitative estimate of drug-likeness (QED) is 0.583. The Balaban J connectivity index is 2.01. The summed E-state index contributed by atoms with van der Waals surface area (Å²) in [4.78, 5) is 13.1. The Labute approximate surface area is 193 Å². The van der Waals surface area contributed by atoms with Crippen molar-refractivity contribution >= 4 is 8.32 Å². The maximum Gasteiger partial charge on any atom is 0.416 e. The second kappa shape index (κ2) is 8.28. The summed E-state index contributed by atoms with van der Waals surface area (Å²) in [6.45, 7) is 14.1. The normalized spacial score (nSPS) is 20.8. The van der Waals surface area contributed by atoms with Gasteiger partial charge in [-0.25, -0.2) is 0 Å². The Morgan fingerprint density at radius 3 is 2.33 bits per heavy atom. The number of benzene rings is 1. The molecule has 0 radical (unpaired) electrons. The van der Waals surface area contributed by atoms with Crippen molar-refractivity contribution in [3.05, 3.63) is 63.6 Å². The number of aliphatic hydroxyl groups is 1. The van der Waals surface area contributed by atoms with Crippen LogP contribution in [0.25, 0.3) is 0 Å². The van der Waals surface area contributed by atoms with Gasteiger partial charge in [0.25, 0.3) is 5.56 Å². The van der Waals surface area contributed by atoms with Crippen LogP contribution in [-0.2, 0) is 17.2 Å². The molecule has 1 N–H and O–H groups in total. The van der Waals surface area contributed by atoms with Crippen LogP contribution >= 0.6 is 0 Å². The molecule has 0 spiro atoms. The molecule has 3 rings (SSSR count). The molecule has 0 saturated heterocycles. The number of pyridine rings is 1. The first kappa shape index (κ1) is 25.5. The van der Waals surface area contributed by atoms with Gasteiger partial charge in [-0.05, 0) is 61.8 Å². The van der Waals surface area contributed by atoms with Crippen molar-refractivity contribution in [2.24, 2.45) is 0 Å². The highest BCUT2D eigenvalue weighted by atomic mass is 28.4. The number of hydrogen-bond acceptors (Lipinski definition) is 4. The summed E-state index contributed by atoms with van der Waals surface area (Å²) in [6.07, 6.45) is -4.31. The van der Waals surface area contributed by atoms with E-state index < -0.39 is 43.4 Å². The first-order valence-electron chi connectivity index (χ1n) is 10.9. The molecular weight excluding hydrogens is 451 g/mol. The summed E-state index contributed by atoms with van der Waals surface area (Å²) in [7, 11) is -2.02. The average molecular weight is 484 g/mol. The minimum absolute atomic E-state index is 0.0136. The van der Waals surface area contributed by atoms with E-state index in [1.165, 1.54) is 22.9 Å². The summed E-state index contributed by atoms with van der Waals surface area (Å²) in [6, 6.07) is 5.21. The Morgan fingerprint density at radius 2 is 1.79 bits per heavy atom. The molecule has 0 unspecified atom stereocenters. The lowest BCUT2D eigenvalue weighted by molar-refractivity contribution is -0.137. The van der Waals surface area contributed by atoms with Gasteiger partial charge in [0.2, 0.25) is 0 Å². The van der Waals surface area contributed by atoms with Crippen molar-refractivity contribution in [1.82, 2.24) is 4.57 Å². The summed E-state index contributed by atoms with van der Waals surface area (Å²) in [5, 5.41) is 11.0. The third kappa shape index (κ3) is 5.05. The van der Waals surface area contributed by atoms with Gasteiger partial charge in [0.1, 0.15) is 17.5 Å². The number of nitrogens with zero attached hydrogens (tertiary/aromatic N) is 1. The van der Waals surface area contributed by atoms with Gasteiger partial charge >= 0.3 is 6.18 Å². The van der Waals surface area contributed by atoms with E-state index in [0.717, 1.165) is 12.1 Å². The number of fused-ring (bicyclic) bond motifs is 1. The highest BCUT2D eigenvalue weighted by Gasteiger charge is 2.45. The Hall–Kier alpha value is -2.10. The molecule has 1 aromatic heterocycles. The maximum absolute atomic E-state index is 13.4. The molecule has 2 atom stereocenters. The van der Waals surface area contributed by atoms with Gasteiger partial charge in [0.15, 0.2) is 8.32 Å². The molecule has 2 heterocycles. The van der Waals surface area contributed by atoms with Crippen LogP contribution < -0.4 is 10.3 Å². The molecule has 1 aliphatic rings. The molecule has 182 valence electrons. The van der Waals surface area contributed by atoms with Crippen molar-refractivity contribution in [3.8, 4) is 5.75 Å². The van der Waals surface area contributed by atoms with Gasteiger partial charge in [-0.1, -0.05) is 20.8 Å². The standard InChI is InChI=1S/C24H32F3NO4Si/c1-22(2,3)33(6,7)31-14-15-10-11-28(19(29)12-15)20-17-13-16(24(25,26)27)8-9-18(17)32-23(4,5)21(20)30/h8-13,20-21,30H,14H2,1-7H3/t20-,21+/m1/s1. The van der Waals surface area contributed by atoms with Gasteiger partial charge in [0.05, 0.1) is 18.2 Å². The summed E-state index contributed by atoms with van der Waals surface area (Å²) in [5.41, 5.74) is -1.62. The van der Waals surface area contributed by atoms with Gasteiger partial charge in [0, 0.05) is 17.8 Å². The predicted molar refractivity (Wildman–Crippen MR) is 123 cm³/mol. The monoisotopic (exact) mass is 483 g/mol. The van der Waals surface area contributed by atoms with Crippen LogP contribution in [0.15, 0.2) is 41.3 Å². The zero-order valence-electron chi connectivity index (χ0n) is 20.1. The van der Waals surface area contributed by atoms with Crippen molar-refractivity contribution in [2.45, 2.75) is 83.3 Å². The van der Waals surface area contributed by atoms with Gasteiger partial charge in [-0.15, -0.1) is 0 Å². The Kier molecular flexibility index (Phi) is 6.41. The lowest BCUT2D eigenvalue weighted by atomic mass is 9.85. The second-order valence-electron chi connectivity index (χ2n) is 10.7. The van der Waals surface area contributed by atoms with E-state index in [1.807, 2.05) is 0 Å². The third-order valence-electron chi connectivity index (χ3n) is 6.76. The fraction of sp³-hybridized carbons (Fsp3) is 0.542. The van der Waals surface area contributed by atoms with Crippen molar-refractivity contribution in [3.63, 3.8) is 0 Å². The first-order valence-corrected chi connectivity index (χ1v) is 13.8. The van der Waals surface area contributed by atoms with Crippen molar-refractivity contribution in [1.29, 1.82) is 0 Å². The Bertz CT molecular complexity index is 1090. The van der Waals surface area contributed by atoms with Crippen LogP contribution in [0.4, 0.5) is 13.2 Å². The van der Waals surface area contributed by atoms with E-state index in [4.69, 9.17) is 9.16 Å². The molecule has 0 saturated carbocycles. The van der Waals surface area contributed by atoms with Gasteiger partial charge < -0.3 is 18.8 Å². The molecule has 1 aromatic carbocycles. The molecule has 0 fully saturated rings. The SMILES string of the molecule is CC1(C)Oc2ccc(C(F)(F)F)cc2[C@@H](n2ccc(CO[Si](C)(C)C(C)(C)C)cc2=O)[C@@H]1O. The van der Waals surface area contributed by atoms with Gasteiger partial charge in [-0.2, -0.15) is 13.2 Å². The number of ether oxygens (including phenoxy) is 1. The molecule has 1 aliphatic heterocycles. The smallest absolute Gasteiger partial charge is 0.416 e. The van der Waals surface area contributed by atoms with Crippen LogP contribution in [0.1, 0.15) is 57.4 Å². The van der Waals surface area contributed by atoms with Crippen LogP contribution in [0.5, 0.6) is 5.75 Å². The summed E-state index contributed by atoms with van der Waals surface area (Å²) < 4.78 is 53.3. The molecule has 33 heavy (non-hydrogen) atoms. The molecule has 0 bridgehead atoms. The predicted octanol–water partition coefficient (Wildman–Crippen LogP) is 5.51. The van der Waals surface area contributed by atoms with E-state index >= 15 is 0 Å². The van der Waals surface area contributed by atoms with Gasteiger partial charge in [-0.3, -0.25) is 4.79 Å². The van der Waals surface area contributed by atoms with E-state index in [9.17, 15) is 23.1 Å². The molecule has 9 heteroatoms. The number of hydrogen-bond donors (Lipinski definition) is 1. The molecule has 0 amide bonds. The maximum atomic E-state index is 13.4. The summed E-state index contributed by atoms with van der Waals surface area (Å²) >= 11 is 0. The van der Waals surface area contributed by atoms with E-state index in [-0.39, 0.29) is 23.0 Å². The zero-order chi connectivity index (χ0) is 25.0. The largest absolute Gasteiger partial charge is 0.485 e. The van der Waals surface area contributed by atoms with Crippen LogP contribution in [0.3, 0.4) is 0 Å². The second-order valence-corrected chi connectivity index (χ2v) is 15.5. The fourth-order valence-corrected chi connectivity index (χ4v) is 4.54. The first-order chi connectivity index (χ1) is 14.9. The lowest BCUT2D eigenvalue weighted by Crippen LogP contribution is -2.52. The number of rotatable bonds is 4. The fourth-order valence-electron chi connectivity index (χ4n) is 3.58. The molecule has 5 nitrogen and oxygen atoms in total. The molecule has 0 aliphatic carbocycles. The zero-order valence-corrected chi connectivity index (χ0v) is 21.1. The highest BCUT2D eigenvalue weighted by molar-refractivity contribution is 6.74. The topological polar surface area (TPSA) is 60.7 Å². The molecular formula is C24H32F3NO4Si. The number of aromatic nitrogens is 1. The number of halogens is 3. The van der Waals surface area contributed by atoms with Crippen molar-refractivity contribution in [2.75, 3.05) is 0 Å². The van der Waals surface area contributed by atoms with Crippen LogP contribution in [0, 0.1) is 0 Å². The van der Waals surface area contributed by atoms with Crippen LogP contribution in [0.2, 0.25) is 18.1 Å². The van der Waals surface area contributed by atoms with E-state index in [2.05, 4.69) is 33.9 Å². The average Bonchev–Trinajstić information content (AvgIpc) is 2.66. The Morgan fingerprint density at radius 1 is 1.15 bits per heavy atom. The highest BCUT2D eigenvalue weighted by Crippen LogP contribution is 2.44. The van der Waals surface area contributed by atoms with E-state index in [1.54, 1.807) is 19.9 Å². The molecule has 2 aromatic rings. The number of alkyl halides is 3. The minimum atomic E-state index is -4.56. The van der Waals surface area contributed by atoms with E-state index in [0.29, 0.717) is 5.56 Å². The minimum Gasteiger partial charge on any atom is -0.485 e. The summed E-state index contributed by atoms with van der Waals surface area (Å²) in [5.74, 6) is 0.209. The lowest BCUT2D eigenvalue weighted by Gasteiger charge is -2.42. The number of aliphatic hydroxyl groups excluding tert-OH is 1. The third-order valence-corrected chi connectivity index (χ3v) is 11.2. The van der Waals surface area contributed by atoms with Crippen molar-refractivity contribution < 1.29 is 27.4 Å².